The summed E-state index contributed by atoms with van der Waals surface area (Å²) in [5.41, 5.74) is -4.50. The summed E-state index contributed by atoms with van der Waals surface area (Å²) in [5.74, 6) is -1.59. The molecule has 2 aromatic heterocycles. The third kappa shape index (κ3) is 5.12. The smallest absolute Gasteiger partial charge is 0.313 e. The maximum absolute atomic E-state index is 14.5. The predicted octanol–water partition coefficient (Wildman–Crippen LogP) is 7.89. The summed E-state index contributed by atoms with van der Waals surface area (Å²) >= 11 is 6.29. The Morgan fingerprint density at radius 2 is 1.55 bits per heavy atom. The van der Waals surface area contributed by atoms with Crippen molar-refractivity contribution in [2.24, 2.45) is 0 Å². The minimum Gasteiger partial charge on any atom is -0.313 e. The van der Waals surface area contributed by atoms with Gasteiger partial charge in [0.05, 0.1) is 39.6 Å². The molecule has 0 radical (unpaired) electrons. The topological polar surface area (TPSA) is 51.0 Å². The van der Waals surface area contributed by atoms with Crippen molar-refractivity contribution in [3.8, 4) is 11.1 Å². The first-order valence-corrected chi connectivity index (χ1v) is 12.2. The van der Waals surface area contributed by atoms with Crippen molar-refractivity contribution in [3.63, 3.8) is 0 Å². The van der Waals surface area contributed by atoms with Crippen LogP contribution in [0.5, 0.6) is 0 Å². The highest BCUT2D eigenvalue weighted by Gasteiger charge is 2.41. The Morgan fingerprint density at radius 3 is 2.10 bits per heavy atom. The van der Waals surface area contributed by atoms with Crippen molar-refractivity contribution in [1.29, 1.82) is 0 Å². The highest BCUT2D eigenvalue weighted by Crippen LogP contribution is 2.43. The van der Waals surface area contributed by atoms with Crippen LogP contribution in [0.1, 0.15) is 37.5 Å². The van der Waals surface area contributed by atoms with Crippen LogP contribution in [0, 0.1) is 5.82 Å². The van der Waals surface area contributed by atoms with Gasteiger partial charge in [0, 0.05) is 30.1 Å². The summed E-state index contributed by atoms with van der Waals surface area (Å²) < 4.78 is 97.1. The number of carbonyl (C=O) groups is 1. The first kappa shape index (κ1) is 29.3. The Bertz CT molecular complexity index is 1580. The first-order valence-electron chi connectivity index (χ1n) is 11.9. The quantitative estimate of drug-likeness (QED) is 0.224. The standard InChI is InChI=1S/C27H22ClF7N4O/c1-5-39-23-18(12-37-39)21(17-7-6-8-19(29)22(17)28)20(13-36-23)38(4)24(40)25(2,3)14-9-15(26(30,31)32)11-16(10-14)27(33,34)35/h6-13H,5H2,1-4H3. The van der Waals surface area contributed by atoms with Gasteiger partial charge >= 0.3 is 12.4 Å². The Labute approximate surface area is 229 Å². The number of hydrogen-bond donors (Lipinski definition) is 0. The molecule has 0 saturated carbocycles. The fourth-order valence-electron chi connectivity index (χ4n) is 4.45. The molecule has 0 saturated heterocycles. The van der Waals surface area contributed by atoms with Crippen LogP contribution in [0.15, 0.2) is 48.8 Å². The van der Waals surface area contributed by atoms with E-state index < -0.39 is 46.2 Å². The second kappa shape index (κ2) is 10.1. The largest absolute Gasteiger partial charge is 0.416 e. The van der Waals surface area contributed by atoms with Crippen LogP contribution in [-0.4, -0.2) is 27.7 Å². The molecule has 2 heterocycles. The van der Waals surface area contributed by atoms with Crippen molar-refractivity contribution < 1.29 is 35.5 Å². The number of aryl methyl sites for hydroxylation is 1. The van der Waals surface area contributed by atoms with Gasteiger partial charge in [-0.1, -0.05) is 23.7 Å². The second-order valence-corrected chi connectivity index (χ2v) is 9.98. The molecule has 0 unspecified atom stereocenters. The number of alkyl halides is 6. The molecule has 2 aromatic carbocycles. The Morgan fingerprint density at radius 1 is 0.975 bits per heavy atom. The molecule has 0 aliphatic carbocycles. The number of nitrogens with zero attached hydrogens (tertiary/aromatic N) is 4. The molecule has 0 aliphatic heterocycles. The fourth-order valence-corrected chi connectivity index (χ4v) is 4.67. The Hall–Kier alpha value is -3.67. The summed E-state index contributed by atoms with van der Waals surface area (Å²) in [6.07, 6.45) is -7.42. The average Bonchev–Trinajstić information content (AvgIpc) is 3.31. The van der Waals surface area contributed by atoms with Crippen molar-refractivity contribution in [2.45, 2.75) is 45.1 Å². The minimum absolute atomic E-state index is 0.00105. The number of halogens is 8. The number of hydrogen-bond acceptors (Lipinski definition) is 3. The molecule has 4 rings (SSSR count). The van der Waals surface area contributed by atoms with Crippen LogP contribution in [0.25, 0.3) is 22.2 Å². The van der Waals surface area contributed by atoms with E-state index in [4.69, 9.17) is 11.6 Å². The summed E-state index contributed by atoms with van der Waals surface area (Å²) in [7, 11) is 1.30. The van der Waals surface area contributed by atoms with Crippen molar-refractivity contribution >= 4 is 34.2 Å². The number of likely N-dealkylation sites (N-methyl/N-ethyl adjacent to an activating group) is 1. The van der Waals surface area contributed by atoms with Gasteiger partial charge in [0.1, 0.15) is 5.82 Å². The molecule has 0 aliphatic rings. The molecule has 0 spiro atoms. The normalized spacial score (nSPS) is 12.7. The van der Waals surface area contributed by atoms with E-state index in [1.54, 1.807) is 4.68 Å². The number of pyridine rings is 1. The van der Waals surface area contributed by atoms with Gasteiger partial charge in [0.2, 0.25) is 5.91 Å². The van der Waals surface area contributed by atoms with E-state index >= 15 is 0 Å². The van der Waals surface area contributed by atoms with Gasteiger partial charge < -0.3 is 4.90 Å². The van der Waals surface area contributed by atoms with Crippen molar-refractivity contribution in [1.82, 2.24) is 14.8 Å². The molecular formula is C27H22ClF7N4O. The van der Waals surface area contributed by atoms with E-state index in [-0.39, 0.29) is 27.9 Å². The third-order valence-electron chi connectivity index (χ3n) is 6.68. The molecule has 212 valence electrons. The summed E-state index contributed by atoms with van der Waals surface area (Å²) in [6, 6.07) is 5.11. The Balaban J connectivity index is 1.91. The molecular weight excluding hydrogens is 565 g/mol. The number of carbonyl (C=O) groups excluding carboxylic acids is 1. The van der Waals surface area contributed by atoms with Crippen molar-refractivity contribution in [3.05, 3.63) is 76.3 Å². The molecule has 1 amide bonds. The molecule has 0 N–H and O–H groups in total. The maximum atomic E-state index is 14.5. The van der Waals surface area contributed by atoms with E-state index in [0.29, 0.717) is 29.7 Å². The van der Waals surface area contributed by atoms with E-state index in [1.807, 2.05) is 6.92 Å². The summed E-state index contributed by atoms with van der Waals surface area (Å²) in [6.45, 7) is 4.69. The van der Waals surface area contributed by atoms with Crippen LogP contribution >= 0.6 is 11.6 Å². The number of anilines is 1. The second-order valence-electron chi connectivity index (χ2n) is 9.60. The van der Waals surface area contributed by atoms with Gasteiger partial charge in [-0.05, 0) is 50.6 Å². The Kier molecular flexibility index (Phi) is 7.37. The molecule has 40 heavy (non-hydrogen) atoms. The van der Waals surface area contributed by atoms with E-state index in [1.165, 1.54) is 45.4 Å². The highest BCUT2D eigenvalue weighted by atomic mass is 35.5. The summed E-state index contributed by atoms with van der Waals surface area (Å²) in [4.78, 5) is 19.3. The molecule has 5 nitrogen and oxygen atoms in total. The molecule has 0 atom stereocenters. The molecule has 4 aromatic rings. The summed E-state index contributed by atoms with van der Waals surface area (Å²) in [5, 5.41) is 4.41. The number of rotatable bonds is 5. The predicted molar refractivity (Wildman–Crippen MR) is 136 cm³/mol. The van der Waals surface area contributed by atoms with E-state index in [0.717, 1.165) is 11.0 Å². The minimum atomic E-state index is -5.09. The zero-order valence-electron chi connectivity index (χ0n) is 21.5. The SMILES string of the molecule is CCn1ncc2c(-c3cccc(F)c3Cl)c(N(C)C(=O)C(C)(C)c3cc(C(F)(F)F)cc(C(F)(F)F)c3)cnc21. The molecule has 0 fully saturated rings. The molecule has 13 heteroatoms. The lowest BCUT2D eigenvalue weighted by atomic mass is 9.81. The molecule has 0 bridgehead atoms. The van der Waals surface area contributed by atoms with Gasteiger partial charge in [0.25, 0.3) is 0 Å². The number of benzene rings is 2. The van der Waals surface area contributed by atoms with Gasteiger partial charge in [-0.25, -0.2) is 14.1 Å². The van der Waals surface area contributed by atoms with Gasteiger partial charge in [-0.15, -0.1) is 0 Å². The first-order chi connectivity index (χ1) is 18.5. The van der Waals surface area contributed by atoms with Gasteiger partial charge in [0.15, 0.2) is 5.65 Å². The lowest BCUT2D eigenvalue weighted by Crippen LogP contribution is -2.42. The monoisotopic (exact) mass is 586 g/mol. The van der Waals surface area contributed by atoms with E-state index in [9.17, 15) is 35.5 Å². The number of fused-ring (bicyclic) bond motifs is 1. The van der Waals surface area contributed by atoms with Gasteiger partial charge in [-0.3, -0.25) is 4.79 Å². The zero-order chi connectivity index (χ0) is 29.8. The maximum Gasteiger partial charge on any atom is 0.416 e. The fraction of sp³-hybridized carbons (Fsp3) is 0.296. The number of aromatic nitrogens is 3. The van der Waals surface area contributed by atoms with Crippen LogP contribution in [0.3, 0.4) is 0 Å². The van der Waals surface area contributed by atoms with Crippen LogP contribution in [0.2, 0.25) is 5.02 Å². The average molecular weight is 587 g/mol. The van der Waals surface area contributed by atoms with Crippen LogP contribution < -0.4 is 4.90 Å². The third-order valence-corrected chi connectivity index (χ3v) is 7.06. The van der Waals surface area contributed by atoms with Gasteiger partial charge in [-0.2, -0.15) is 31.4 Å². The van der Waals surface area contributed by atoms with Crippen LogP contribution in [0.4, 0.5) is 36.4 Å². The highest BCUT2D eigenvalue weighted by molar-refractivity contribution is 6.34. The van der Waals surface area contributed by atoms with Crippen molar-refractivity contribution in [2.75, 3.05) is 11.9 Å². The zero-order valence-corrected chi connectivity index (χ0v) is 22.3. The lowest BCUT2D eigenvalue weighted by Gasteiger charge is -2.32. The van der Waals surface area contributed by atoms with Crippen LogP contribution in [-0.2, 0) is 29.1 Å². The van der Waals surface area contributed by atoms with E-state index in [2.05, 4.69) is 10.1 Å². The number of amides is 1. The lowest BCUT2D eigenvalue weighted by molar-refractivity contribution is -0.143.